The summed E-state index contributed by atoms with van der Waals surface area (Å²) >= 11 is 1.55. The smallest absolute Gasteiger partial charge is 0.257 e. The number of hydrogen-bond acceptors (Lipinski definition) is 5. The molecular formula is C23H33N3O3S. The molecule has 1 aromatic heterocycles. The Morgan fingerprint density at radius 1 is 1.20 bits per heavy atom. The molecule has 2 aromatic rings. The van der Waals surface area contributed by atoms with Crippen LogP contribution in [-0.4, -0.2) is 34.9 Å². The summed E-state index contributed by atoms with van der Waals surface area (Å²) in [5.74, 6) is 0.930. The summed E-state index contributed by atoms with van der Waals surface area (Å²) in [6.07, 6.45) is 4.91. The number of carbonyl (C=O) groups excluding carboxylic acids is 1. The third-order valence-corrected chi connectivity index (χ3v) is 5.93. The molecule has 6 nitrogen and oxygen atoms in total. The first kappa shape index (κ1) is 24.2. The lowest BCUT2D eigenvalue weighted by atomic mass is 10.0. The van der Waals surface area contributed by atoms with Crippen molar-refractivity contribution in [2.75, 3.05) is 19.4 Å². The van der Waals surface area contributed by atoms with Crippen molar-refractivity contribution in [3.8, 4) is 0 Å². The molecule has 0 aliphatic heterocycles. The van der Waals surface area contributed by atoms with Gasteiger partial charge in [-0.15, -0.1) is 0 Å². The molecular weight excluding hydrogens is 398 g/mol. The molecule has 0 aliphatic carbocycles. The molecule has 1 amide bonds. The molecule has 1 heterocycles. The number of nitrogens with zero attached hydrogens (tertiary/aromatic N) is 2. The van der Waals surface area contributed by atoms with Gasteiger partial charge >= 0.3 is 0 Å². The highest BCUT2D eigenvalue weighted by atomic mass is 32.2. The largest absolute Gasteiger partial charge is 0.378 e. The van der Waals surface area contributed by atoms with E-state index in [9.17, 15) is 9.59 Å². The van der Waals surface area contributed by atoms with Crippen molar-refractivity contribution < 1.29 is 9.53 Å². The number of thioether (sulfide) groups is 1. The highest BCUT2D eigenvalue weighted by Gasteiger charge is 2.15. The number of carbonyl (C=O) groups is 1. The lowest BCUT2D eigenvalue weighted by molar-refractivity contribution is -0.121. The van der Waals surface area contributed by atoms with E-state index in [0.717, 1.165) is 43.5 Å². The topological polar surface area (TPSA) is 73.2 Å². The zero-order valence-electron chi connectivity index (χ0n) is 18.3. The second-order valence-electron chi connectivity index (χ2n) is 7.29. The highest BCUT2D eigenvalue weighted by Crippen LogP contribution is 2.19. The predicted octanol–water partition coefficient (Wildman–Crippen LogP) is 3.70. The fraction of sp³-hybridized carbons (Fsp3) is 0.522. The standard InChI is InChI=1S/C23H33N3O3S/c1-4-5-14-24-21(27)13-9-10-15-30-23-25-20(17-29-3)19(22(28)26(23)2)16-18-11-7-6-8-12-18/h6-8,11-12H,4-5,9-10,13-17H2,1-3H3,(H,24,27). The van der Waals surface area contributed by atoms with Crippen LogP contribution in [0.3, 0.4) is 0 Å². The summed E-state index contributed by atoms with van der Waals surface area (Å²) in [4.78, 5) is 29.5. The third kappa shape index (κ3) is 7.61. The number of rotatable bonds is 13. The van der Waals surface area contributed by atoms with Gasteiger partial charge < -0.3 is 10.1 Å². The first-order chi connectivity index (χ1) is 14.6. The molecule has 7 heteroatoms. The Bertz CT molecular complexity index is 853. The minimum absolute atomic E-state index is 0.0290. The van der Waals surface area contributed by atoms with Crippen LogP contribution in [0, 0.1) is 0 Å². The fourth-order valence-corrected chi connectivity index (χ4v) is 4.06. The maximum atomic E-state index is 13.0. The molecule has 0 saturated heterocycles. The Hall–Kier alpha value is -2.12. The average Bonchev–Trinajstić information content (AvgIpc) is 2.75. The second-order valence-corrected chi connectivity index (χ2v) is 8.35. The molecule has 30 heavy (non-hydrogen) atoms. The van der Waals surface area contributed by atoms with Crippen LogP contribution in [0.1, 0.15) is 55.8 Å². The van der Waals surface area contributed by atoms with Gasteiger partial charge in [0.2, 0.25) is 5.91 Å². The second kappa shape index (κ2) is 13.2. The minimum atomic E-state index is -0.0290. The summed E-state index contributed by atoms with van der Waals surface area (Å²) < 4.78 is 6.93. The summed E-state index contributed by atoms with van der Waals surface area (Å²) in [5, 5.41) is 3.63. The Labute approximate surface area is 183 Å². The Morgan fingerprint density at radius 2 is 1.97 bits per heavy atom. The maximum absolute atomic E-state index is 13.0. The van der Waals surface area contributed by atoms with Crippen LogP contribution in [0.25, 0.3) is 0 Å². The zero-order chi connectivity index (χ0) is 21.8. The molecule has 0 radical (unpaired) electrons. The van der Waals surface area contributed by atoms with E-state index < -0.39 is 0 Å². The van der Waals surface area contributed by atoms with Gasteiger partial charge in [0.15, 0.2) is 5.16 Å². The van der Waals surface area contributed by atoms with Crippen molar-refractivity contribution >= 4 is 17.7 Å². The van der Waals surface area contributed by atoms with Crippen LogP contribution in [0.5, 0.6) is 0 Å². The van der Waals surface area contributed by atoms with Crippen molar-refractivity contribution in [3.63, 3.8) is 0 Å². The molecule has 2 rings (SSSR count). The molecule has 0 bridgehead atoms. The summed E-state index contributed by atoms with van der Waals surface area (Å²) in [6, 6.07) is 9.92. The van der Waals surface area contributed by atoms with Crippen molar-refractivity contribution in [3.05, 3.63) is 57.5 Å². The number of hydrogen-bond donors (Lipinski definition) is 1. The fourth-order valence-electron chi connectivity index (χ4n) is 3.08. The lowest BCUT2D eigenvalue weighted by Crippen LogP contribution is -2.27. The monoisotopic (exact) mass is 431 g/mol. The van der Waals surface area contributed by atoms with Gasteiger partial charge in [-0.2, -0.15) is 0 Å². The Morgan fingerprint density at radius 3 is 2.67 bits per heavy atom. The van der Waals surface area contributed by atoms with Crippen molar-refractivity contribution in [1.82, 2.24) is 14.9 Å². The van der Waals surface area contributed by atoms with Crippen LogP contribution in [-0.2, 0) is 29.6 Å². The van der Waals surface area contributed by atoms with Crippen LogP contribution in [0.2, 0.25) is 0 Å². The Balaban J connectivity index is 1.96. The van der Waals surface area contributed by atoms with Gasteiger partial charge in [0.25, 0.3) is 5.56 Å². The first-order valence-corrected chi connectivity index (χ1v) is 11.6. The average molecular weight is 432 g/mol. The highest BCUT2D eigenvalue weighted by molar-refractivity contribution is 7.99. The molecule has 0 spiro atoms. The molecule has 0 saturated carbocycles. The number of aromatic nitrogens is 2. The first-order valence-electron chi connectivity index (χ1n) is 10.6. The van der Waals surface area contributed by atoms with E-state index >= 15 is 0 Å². The molecule has 164 valence electrons. The summed E-state index contributed by atoms with van der Waals surface area (Å²) in [7, 11) is 3.38. The number of amides is 1. The van der Waals surface area contributed by atoms with Gasteiger partial charge in [0.1, 0.15) is 0 Å². The maximum Gasteiger partial charge on any atom is 0.257 e. The van der Waals surface area contributed by atoms with Gasteiger partial charge in [0.05, 0.1) is 12.3 Å². The number of benzene rings is 1. The minimum Gasteiger partial charge on any atom is -0.378 e. The van der Waals surface area contributed by atoms with Crippen LogP contribution in [0.4, 0.5) is 0 Å². The number of nitrogens with one attached hydrogen (secondary N) is 1. The van der Waals surface area contributed by atoms with Crippen molar-refractivity contribution in [2.45, 2.75) is 57.2 Å². The molecule has 1 aromatic carbocycles. The molecule has 0 aliphatic rings. The van der Waals surface area contributed by atoms with Gasteiger partial charge in [-0.25, -0.2) is 4.98 Å². The van der Waals surface area contributed by atoms with Gasteiger partial charge in [-0.1, -0.05) is 55.4 Å². The Kier molecular flexibility index (Phi) is 10.7. The van der Waals surface area contributed by atoms with Gasteiger partial charge in [-0.3, -0.25) is 14.2 Å². The van der Waals surface area contributed by atoms with E-state index in [2.05, 4.69) is 12.2 Å². The van der Waals surface area contributed by atoms with E-state index in [1.807, 2.05) is 30.3 Å². The van der Waals surface area contributed by atoms with E-state index in [0.29, 0.717) is 35.9 Å². The van der Waals surface area contributed by atoms with E-state index in [1.54, 1.807) is 30.5 Å². The van der Waals surface area contributed by atoms with Gasteiger partial charge in [-0.05, 0) is 24.8 Å². The molecule has 1 N–H and O–H groups in total. The normalized spacial score (nSPS) is 10.9. The zero-order valence-corrected chi connectivity index (χ0v) is 19.1. The van der Waals surface area contributed by atoms with E-state index in [4.69, 9.17) is 9.72 Å². The number of unbranched alkanes of at least 4 members (excludes halogenated alkanes) is 2. The van der Waals surface area contributed by atoms with Crippen LogP contribution >= 0.6 is 11.8 Å². The van der Waals surface area contributed by atoms with Gasteiger partial charge in [0, 0.05) is 44.9 Å². The summed E-state index contributed by atoms with van der Waals surface area (Å²) in [6.45, 7) is 3.18. The SMILES string of the molecule is CCCCNC(=O)CCCCSc1nc(COC)c(Cc2ccccc2)c(=O)n1C. The molecule has 0 fully saturated rings. The van der Waals surface area contributed by atoms with E-state index in [-0.39, 0.29) is 11.5 Å². The number of methoxy groups -OCH3 is 1. The molecule has 0 atom stereocenters. The summed E-state index contributed by atoms with van der Waals surface area (Å²) in [5.41, 5.74) is 2.42. The third-order valence-electron chi connectivity index (χ3n) is 4.82. The predicted molar refractivity (Wildman–Crippen MR) is 122 cm³/mol. The van der Waals surface area contributed by atoms with Crippen molar-refractivity contribution in [2.24, 2.45) is 7.05 Å². The molecule has 0 unspecified atom stereocenters. The van der Waals surface area contributed by atoms with Crippen molar-refractivity contribution in [1.29, 1.82) is 0 Å². The quantitative estimate of drug-likeness (QED) is 0.297. The van der Waals surface area contributed by atoms with Crippen LogP contribution in [0.15, 0.2) is 40.3 Å². The van der Waals surface area contributed by atoms with Crippen LogP contribution < -0.4 is 10.9 Å². The number of ether oxygens (including phenoxy) is 1. The lowest BCUT2D eigenvalue weighted by Gasteiger charge is -2.14. The van der Waals surface area contributed by atoms with E-state index in [1.165, 1.54) is 0 Å².